The Morgan fingerprint density at radius 3 is 2.58 bits per heavy atom. The fourth-order valence-corrected chi connectivity index (χ4v) is 4.94. The van der Waals surface area contributed by atoms with Gasteiger partial charge in [0.2, 0.25) is 5.91 Å². The third kappa shape index (κ3) is 4.42. The van der Waals surface area contributed by atoms with E-state index in [0.717, 1.165) is 38.1 Å². The Labute approximate surface area is 145 Å². The van der Waals surface area contributed by atoms with Crippen LogP contribution in [0.15, 0.2) is 0 Å². The Kier molecular flexibility index (Phi) is 6.01. The van der Waals surface area contributed by atoms with Crippen LogP contribution in [0.1, 0.15) is 71.1 Å². The lowest BCUT2D eigenvalue weighted by Gasteiger charge is -2.45. The van der Waals surface area contributed by atoms with Gasteiger partial charge in [-0.05, 0) is 56.8 Å². The quantitative estimate of drug-likeness (QED) is 0.833. The third-order valence-electron chi connectivity index (χ3n) is 6.24. The molecule has 0 aromatic carbocycles. The van der Waals surface area contributed by atoms with Crippen molar-refractivity contribution in [3.05, 3.63) is 0 Å². The molecule has 0 aromatic heterocycles. The average molecular weight is 335 g/mol. The van der Waals surface area contributed by atoms with Gasteiger partial charge in [-0.2, -0.15) is 0 Å². The molecule has 0 radical (unpaired) electrons. The molecule has 136 valence electrons. The molecule has 1 heterocycles. The maximum Gasteiger partial charge on any atom is 0.315 e. The Bertz CT molecular complexity index is 448. The Morgan fingerprint density at radius 1 is 1.00 bits per heavy atom. The van der Waals surface area contributed by atoms with E-state index in [1.807, 2.05) is 0 Å². The van der Waals surface area contributed by atoms with Crippen LogP contribution in [0.5, 0.6) is 0 Å². The standard InChI is InChI=1S/C19H33N3O2/c1-14-9-10-17-15(12-14)6-5-11-22(17)18(23)13-20-19(24)21-16-7-3-2-4-8-16/h14-17H,2-13H2,1H3,(H2,20,21,24)/t14-,15-,17+/m1/s1. The molecule has 3 fully saturated rings. The van der Waals surface area contributed by atoms with Gasteiger partial charge in [0.1, 0.15) is 0 Å². The summed E-state index contributed by atoms with van der Waals surface area (Å²) < 4.78 is 0. The van der Waals surface area contributed by atoms with Crippen LogP contribution < -0.4 is 10.6 Å². The van der Waals surface area contributed by atoms with E-state index in [-0.39, 0.29) is 24.5 Å². The van der Waals surface area contributed by atoms with E-state index in [9.17, 15) is 9.59 Å². The number of carbonyl (C=O) groups excluding carboxylic acids is 2. The van der Waals surface area contributed by atoms with Crippen molar-refractivity contribution in [1.29, 1.82) is 0 Å². The highest BCUT2D eigenvalue weighted by Crippen LogP contribution is 2.37. The lowest BCUT2D eigenvalue weighted by atomic mass is 9.74. The molecule has 5 heteroatoms. The molecule has 3 amide bonds. The predicted molar refractivity (Wildman–Crippen MR) is 94.6 cm³/mol. The molecular weight excluding hydrogens is 302 g/mol. The van der Waals surface area contributed by atoms with Crippen LogP contribution in [0.4, 0.5) is 4.79 Å². The predicted octanol–water partition coefficient (Wildman–Crippen LogP) is 3.05. The van der Waals surface area contributed by atoms with Crippen LogP contribution >= 0.6 is 0 Å². The summed E-state index contributed by atoms with van der Waals surface area (Å²) in [7, 11) is 0. The largest absolute Gasteiger partial charge is 0.338 e. The number of amides is 3. The number of piperidine rings is 1. The molecule has 2 saturated carbocycles. The highest BCUT2D eigenvalue weighted by Gasteiger charge is 2.37. The van der Waals surface area contributed by atoms with E-state index >= 15 is 0 Å². The zero-order valence-corrected chi connectivity index (χ0v) is 15.1. The Hall–Kier alpha value is -1.26. The van der Waals surface area contributed by atoms with Crippen molar-refractivity contribution in [2.24, 2.45) is 11.8 Å². The number of nitrogens with one attached hydrogen (secondary N) is 2. The molecule has 3 rings (SSSR count). The Balaban J connectivity index is 1.44. The lowest BCUT2D eigenvalue weighted by Crippen LogP contribution is -2.54. The van der Waals surface area contributed by atoms with Crippen molar-refractivity contribution in [1.82, 2.24) is 15.5 Å². The summed E-state index contributed by atoms with van der Waals surface area (Å²) in [4.78, 5) is 26.7. The van der Waals surface area contributed by atoms with Crippen LogP contribution in [-0.4, -0.2) is 42.0 Å². The topological polar surface area (TPSA) is 61.4 Å². The molecule has 0 aromatic rings. The maximum atomic E-state index is 12.6. The first-order valence-electron chi connectivity index (χ1n) is 9.97. The molecule has 3 atom stereocenters. The zero-order valence-electron chi connectivity index (χ0n) is 15.1. The fourth-order valence-electron chi connectivity index (χ4n) is 4.94. The van der Waals surface area contributed by atoms with E-state index in [1.165, 1.54) is 38.5 Å². The maximum absolute atomic E-state index is 12.6. The molecule has 0 spiro atoms. The van der Waals surface area contributed by atoms with Gasteiger partial charge >= 0.3 is 6.03 Å². The van der Waals surface area contributed by atoms with Crippen LogP contribution in [0, 0.1) is 11.8 Å². The molecule has 1 aliphatic heterocycles. The van der Waals surface area contributed by atoms with Crippen molar-refractivity contribution < 1.29 is 9.59 Å². The minimum absolute atomic E-state index is 0.0954. The van der Waals surface area contributed by atoms with E-state index in [1.54, 1.807) is 0 Å². The monoisotopic (exact) mass is 335 g/mol. The molecule has 2 aliphatic carbocycles. The van der Waals surface area contributed by atoms with Gasteiger partial charge in [0.25, 0.3) is 0 Å². The molecule has 3 aliphatic rings. The van der Waals surface area contributed by atoms with Gasteiger partial charge < -0.3 is 15.5 Å². The smallest absolute Gasteiger partial charge is 0.315 e. The zero-order chi connectivity index (χ0) is 16.9. The lowest BCUT2D eigenvalue weighted by molar-refractivity contribution is -0.136. The summed E-state index contributed by atoms with van der Waals surface area (Å²) in [6, 6.07) is 0.514. The van der Waals surface area contributed by atoms with Crippen molar-refractivity contribution in [2.75, 3.05) is 13.1 Å². The first-order valence-corrected chi connectivity index (χ1v) is 9.97. The molecule has 0 unspecified atom stereocenters. The Morgan fingerprint density at radius 2 is 1.79 bits per heavy atom. The van der Waals surface area contributed by atoms with Gasteiger partial charge in [0.05, 0.1) is 6.54 Å². The number of urea groups is 1. The van der Waals surface area contributed by atoms with E-state index in [2.05, 4.69) is 22.5 Å². The molecule has 5 nitrogen and oxygen atoms in total. The summed E-state index contributed by atoms with van der Waals surface area (Å²) in [5.74, 6) is 1.56. The number of rotatable bonds is 3. The van der Waals surface area contributed by atoms with Gasteiger partial charge in [-0.3, -0.25) is 4.79 Å². The van der Waals surface area contributed by atoms with Gasteiger partial charge in [-0.25, -0.2) is 4.79 Å². The summed E-state index contributed by atoms with van der Waals surface area (Å²) in [6.07, 6.45) is 11.8. The van der Waals surface area contributed by atoms with Crippen LogP contribution in [-0.2, 0) is 4.79 Å². The second-order valence-corrected chi connectivity index (χ2v) is 8.14. The number of likely N-dealkylation sites (tertiary alicyclic amines) is 1. The highest BCUT2D eigenvalue weighted by atomic mass is 16.2. The molecular formula is C19H33N3O2. The molecule has 0 bridgehead atoms. The van der Waals surface area contributed by atoms with Gasteiger partial charge in [-0.1, -0.05) is 26.2 Å². The van der Waals surface area contributed by atoms with Crippen LogP contribution in [0.3, 0.4) is 0 Å². The van der Waals surface area contributed by atoms with E-state index in [0.29, 0.717) is 12.0 Å². The number of hydrogen-bond donors (Lipinski definition) is 2. The molecule has 24 heavy (non-hydrogen) atoms. The summed E-state index contributed by atoms with van der Waals surface area (Å²) in [6.45, 7) is 3.33. The molecule has 1 saturated heterocycles. The second-order valence-electron chi connectivity index (χ2n) is 8.14. The van der Waals surface area contributed by atoms with E-state index in [4.69, 9.17) is 0 Å². The third-order valence-corrected chi connectivity index (χ3v) is 6.24. The highest BCUT2D eigenvalue weighted by molar-refractivity contribution is 5.84. The van der Waals surface area contributed by atoms with Crippen molar-refractivity contribution >= 4 is 11.9 Å². The second kappa shape index (κ2) is 8.21. The van der Waals surface area contributed by atoms with Crippen molar-refractivity contribution in [2.45, 2.75) is 83.2 Å². The summed E-state index contributed by atoms with van der Waals surface area (Å²) in [5, 5.41) is 5.81. The summed E-state index contributed by atoms with van der Waals surface area (Å²) >= 11 is 0. The van der Waals surface area contributed by atoms with Crippen molar-refractivity contribution in [3.63, 3.8) is 0 Å². The first kappa shape index (κ1) is 17.6. The molecule has 2 N–H and O–H groups in total. The number of hydrogen-bond acceptors (Lipinski definition) is 2. The van der Waals surface area contributed by atoms with Gasteiger partial charge in [0, 0.05) is 18.6 Å². The number of carbonyl (C=O) groups is 2. The number of nitrogens with zero attached hydrogens (tertiary/aromatic N) is 1. The summed E-state index contributed by atoms with van der Waals surface area (Å²) in [5.41, 5.74) is 0. The van der Waals surface area contributed by atoms with Crippen LogP contribution in [0.25, 0.3) is 0 Å². The minimum Gasteiger partial charge on any atom is -0.338 e. The fraction of sp³-hybridized carbons (Fsp3) is 0.895. The minimum atomic E-state index is -0.180. The average Bonchev–Trinajstić information content (AvgIpc) is 2.59. The number of fused-ring (bicyclic) bond motifs is 1. The van der Waals surface area contributed by atoms with Crippen molar-refractivity contribution in [3.8, 4) is 0 Å². The SMILES string of the molecule is C[C@@H]1CC[C@H]2[C@H](CCCN2C(=O)CNC(=O)NC2CCCCC2)C1. The van der Waals surface area contributed by atoms with Crippen LogP contribution in [0.2, 0.25) is 0 Å². The van der Waals surface area contributed by atoms with Gasteiger partial charge in [0.15, 0.2) is 0 Å². The first-order chi connectivity index (χ1) is 11.6. The van der Waals surface area contributed by atoms with E-state index < -0.39 is 0 Å². The van der Waals surface area contributed by atoms with Gasteiger partial charge in [-0.15, -0.1) is 0 Å². The normalized spacial score (nSPS) is 31.2.